The Balaban J connectivity index is 1.75. The molecule has 2 aromatic rings. The number of nitrogens with zero attached hydrogens (tertiary/aromatic N) is 2. The van der Waals surface area contributed by atoms with Crippen LogP contribution in [0.2, 0.25) is 0 Å². The summed E-state index contributed by atoms with van der Waals surface area (Å²) in [5.41, 5.74) is 2.71. The first kappa shape index (κ1) is 11.6. The minimum atomic E-state index is 0.846. The highest BCUT2D eigenvalue weighted by atomic mass is 16.5. The molecule has 2 aromatic heterocycles. The number of likely N-dealkylation sites (N-methyl/N-ethyl adjacent to an activating group) is 1. The van der Waals surface area contributed by atoms with Gasteiger partial charge in [0.25, 0.3) is 0 Å². The van der Waals surface area contributed by atoms with Crippen LogP contribution < -0.4 is 4.74 Å². The molecule has 0 amide bonds. The lowest BCUT2D eigenvalue weighted by Crippen LogP contribution is -2.23. The number of pyridine rings is 1. The molecule has 0 unspecified atom stereocenters. The molecule has 1 fully saturated rings. The van der Waals surface area contributed by atoms with Crippen molar-refractivity contribution in [2.24, 2.45) is 0 Å². The lowest BCUT2D eigenvalue weighted by molar-refractivity contribution is 0.329. The molecule has 0 aliphatic heterocycles. The van der Waals surface area contributed by atoms with E-state index in [1.807, 2.05) is 12.3 Å². The normalized spacial score (nSPS) is 15.5. The number of aromatic nitrogens is 1. The maximum Gasteiger partial charge on any atom is 0.135 e. The first-order chi connectivity index (χ1) is 8.78. The molecule has 0 radical (unpaired) electrons. The highest BCUT2D eigenvalue weighted by Gasteiger charge is 2.25. The molecule has 96 valence electrons. The third kappa shape index (κ3) is 2.23. The predicted molar refractivity (Wildman–Crippen MR) is 73.3 cm³/mol. The van der Waals surface area contributed by atoms with Gasteiger partial charge in [0.2, 0.25) is 0 Å². The number of fused-ring (bicyclic) bond motifs is 1. The number of hydrogen-bond donors (Lipinski definition) is 0. The van der Waals surface area contributed by atoms with Crippen molar-refractivity contribution in [2.45, 2.75) is 25.3 Å². The monoisotopic (exact) mass is 244 g/mol. The van der Waals surface area contributed by atoms with Gasteiger partial charge in [0.15, 0.2) is 0 Å². The SMILES string of the molecule is COc1ccc2c(CCN(C)C3CC3)ccn2c1. The van der Waals surface area contributed by atoms with Crippen molar-refractivity contribution in [3.63, 3.8) is 0 Å². The Bertz CT molecular complexity index is 542. The number of methoxy groups -OCH3 is 1. The second kappa shape index (κ2) is 4.65. The maximum atomic E-state index is 5.24. The van der Waals surface area contributed by atoms with E-state index in [0.717, 1.165) is 24.8 Å². The summed E-state index contributed by atoms with van der Waals surface area (Å²) in [5.74, 6) is 0.903. The maximum absolute atomic E-state index is 5.24. The first-order valence-corrected chi connectivity index (χ1v) is 6.62. The quantitative estimate of drug-likeness (QED) is 0.804. The third-order valence-electron chi connectivity index (χ3n) is 3.86. The predicted octanol–water partition coefficient (Wildman–Crippen LogP) is 2.58. The third-order valence-corrected chi connectivity index (χ3v) is 3.86. The average molecular weight is 244 g/mol. The minimum absolute atomic E-state index is 0.846. The van der Waals surface area contributed by atoms with Crippen LogP contribution in [0.1, 0.15) is 18.4 Å². The molecule has 3 rings (SSSR count). The van der Waals surface area contributed by atoms with Crippen molar-refractivity contribution in [1.82, 2.24) is 9.30 Å². The molecular weight excluding hydrogens is 224 g/mol. The summed E-state index contributed by atoms with van der Waals surface area (Å²) in [6.07, 6.45) is 8.03. The molecule has 0 aromatic carbocycles. The Hall–Kier alpha value is -1.48. The highest BCUT2D eigenvalue weighted by molar-refractivity contribution is 5.57. The molecule has 1 saturated carbocycles. The molecule has 1 aliphatic carbocycles. The summed E-state index contributed by atoms with van der Waals surface area (Å²) in [7, 11) is 3.94. The summed E-state index contributed by atoms with van der Waals surface area (Å²) in [4.78, 5) is 2.48. The Morgan fingerprint density at radius 1 is 1.33 bits per heavy atom. The van der Waals surface area contributed by atoms with Crippen molar-refractivity contribution in [3.05, 3.63) is 36.2 Å². The van der Waals surface area contributed by atoms with E-state index in [2.05, 4.69) is 34.7 Å². The Kier molecular flexibility index (Phi) is 3.00. The second-order valence-corrected chi connectivity index (χ2v) is 5.16. The van der Waals surface area contributed by atoms with Crippen LogP contribution in [0.25, 0.3) is 5.52 Å². The molecule has 2 heterocycles. The zero-order valence-electron chi connectivity index (χ0n) is 11.1. The summed E-state index contributed by atoms with van der Waals surface area (Å²) in [6, 6.07) is 7.24. The van der Waals surface area contributed by atoms with Crippen LogP contribution in [0.15, 0.2) is 30.6 Å². The average Bonchev–Trinajstić information content (AvgIpc) is 3.17. The van der Waals surface area contributed by atoms with Gasteiger partial charge in [-0.05, 0) is 50.1 Å². The Morgan fingerprint density at radius 3 is 2.89 bits per heavy atom. The molecule has 18 heavy (non-hydrogen) atoms. The van der Waals surface area contributed by atoms with Gasteiger partial charge in [0.1, 0.15) is 5.75 Å². The molecule has 0 N–H and O–H groups in total. The van der Waals surface area contributed by atoms with E-state index >= 15 is 0 Å². The van der Waals surface area contributed by atoms with Gasteiger partial charge >= 0.3 is 0 Å². The fraction of sp³-hybridized carbons (Fsp3) is 0.467. The van der Waals surface area contributed by atoms with Gasteiger partial charge in [-0.3, -0.25) is 0 Å². The van der Waals surface area contributed by atoms with Gasteiger partial charge in [-0.1, -0.05) is 0 Å². The zero-order valence-corrected chi connectivity index (χ0v) is 11.1. The van der Waals surface area contributed by atoms with Gasteiger partial charge in [-0.15, -0.1) is 0 Å². The minimum Gasteiger partial charge on any atom is -0.495 e. The van der Waals surface area contributed by atoms with Crippen LogP contribution in [0.5, 0.6) is 5.75 Å². The topological polar surface area (TPSA) is 16.9 Å². The molecule has 0 bridgehead atoms. The Morgan fingerprint density at radius 2 is 2.17 bits per heavy atom. The van der Waals surface area contributed by atoms with E-state index < -0.39 is 0 Å². The van der Waals surface area contributed by atoms with E-state index in [0.29, 0.717) is 0 Å². The lowest BCUT2D eigenvalue weighted by Gasteiger charge is -2.14. The summed E-state index contributed by atoms with van der Waals surface area (Å²) < 4.78 is 7.38. The molecule has 0 atom stereocenters. The van der Waals surface area contributed by atoms with E-state index in [4.69, 9.17) is 4.74 Å². The molecule has 0 saturated heterocycles. The van der Waals surface area contributed by atoms with E-state index in [-0.39, 0.29) is 0 Å². The van der Waals surface area contributed by atoms with Crippen molar-refractivity contribution in [2.75, 3.05) is 20.7 Å². The van der Waals surface area contributed by atoms with E-state index in [9.17, 15) is 0 Å². The molecule has 3 heteroatoms. The van der Waals surface area contributed by atoms with Gasteiger partial charge in [0.05, 0.1) is 13.3 Å². The summed E-state index contributed by atoms with van der Waals surface area (Å²) >= 11 is 0. The molecular formula is C15H20N2O. The summed E-state index contributed by atoms with van der Waals surface area (Å²) in [6.45, 7) is 1.15. The van der Waals surface area contributed by atoms with Gasteiger partial charge in [-0.25, -0.2) is 0 Å². The summed E-state index contributed by atoms with van der Waals surface area (Å²) in [5, 5.41) is 0. The van der Waals surface area contributed by atoms with Gasteiger partial charge in [0, 0.05) is 24.3 Å². The molecule has 1 aliphatic rings. The van der Waals surface area contributed by atoms with Crippen LogP contribution in [0, 0.1) is 0 Å². The fourth-order valence-corrected chi connectivity index (χ4v) is 2.48. The standard InChI is InChI=1S/C15H20N2O/c1-16(13-3-4-13)9-7-12-8-10-17-11-14(18-2)5-6-15(12)17/h5-6,8,10-11,13H,3-4,7,9H2,1-2H3. The van der Waals surface area contributed by atoms with Crippen molar-refractivity contribution in [1.29, 1.82) is 0 Å². The first-order valence-electron chi connectivity index (χ1n) is 6.62. The van der Waals surface area contributed by atoms with Crippen LogP contribution >= 0.6 is 0 Å². The number of ether oxygens (including phenoxy) is 1. The van der Waals surface area contributed by atoms with Gasteiger partial charge in [-0.2, -0.15) is 0 Å². The van der Waals surface area contributed by atoms with Crippen molar-refractivity contribution >= 4 is 5.52 Å². The fourth-order valence-electron chi connectivity index (χ4n) is 2.48. The number of hydrogen-bond acceptors (Lipinski definition) is 2. The van der Waals surface area contributed by atoms with Crippen molar-refractivity contribution in [3.8, 4) is 5.75 Å². The van der Waals surface area contributed by atoms with E-state index in [1.165, 1.54) is 23.9 Å². The zero-order chi connectivity index (χ0) is 12.5. The Labute approximate surface area is 108 Å². The van der Waals surface area contributed by atoms with Crippen LogP contribution in [-0.2, 0) is 6.42 Å². The highest BCUT2D eigenvalue weighted by Crippen LogP contribution is 2.26. The largest absolute Gasteiger partial charge is 0.495 e. The van der Waals surface area contributed by atoms with Crippen LogP contribution in [0.3, 0.4) is 0 Å². The number of rotatable bonds is 5. The smallest absolute Gasteiger partial charge is 0.135 e. The second-order valence-electron chi connectivity index (χ2n) is 5.16. The molecule has 0 spiro atoms. The van der Waals surface area contributed by atoms with E-state index in [1.54, 1.807) is 7.11 Å². The molecule has 3 nitrogen and oxygen atoms in total. The van der Waals surface area contributed by atoms with Crippen molar-refractivity contribution < 1.29 is 4.74 Å². The van der Waals surface area contributed by atoms with Crippen LogP contribution in [-0.4, -0.2) is 36.0 Å². The lowest BCUT2D eigenvalue weighted by atomic mass is 10.2. The van der Waals surface area contributed by atoms with Gasteiger partial charge < -0.3 is 14.0 Å². The van der Waals surface area contributed by atoms with Crippen LogP contribution in [0.4, 0.5) is 0 Å².